The van der Waals surface area contributed by atoms with Gasteiger partial charge in [-0.05, 0) is 45.5 Å². The molecule has 3 nitrogen and oxygen atoms in total. The maximum absolute atomic E-state index is 5.83. The summed E-state index contributed by atoms with van der Waals surface area (Å²) in [7, 11) is 0. The fourth-order valence-electron chi connectivity index (χ4n) is 1.58. The Morgan fingerprint density at radius 2 is 2.00 bits per heavy atom. The van der Waals surface area contributed by atoms with E-state index in [0.29, 0.717) is 6.61 Å². The van der Waals surface area contributed by atoms with Gasteiger partial charge in [0.05, 0.1) is 12.7 Å². The van der Waals surface area contributed by atoms with E-state index in [1.807, 2.05) is 31.2 Å². The topological polar surface area (TPSA) is 30.5 Å². The summed E-state index contributed by atoms with van der Waals surface area (Å²) in [6, 6.07) is 7.80. The normalized spacial score (nSPS) is 12.2. The predicted molar refractivity (Wildman–Crippen MR) is 70.9 cm³/mol. The maximum atomic E-state index is 5.83. The number of hydrogen-bond acceptors (Lipinski definition) is 3. The number of rotatable bonds is 8. The van der Waals surface area contributed by atoms with Gasteiger partial charge in [-0.2, -0.15) is 0 Å². The van der Waals surface area contributed by atoms with Crippen molar-refractivity contribution in [2.75, 3.05) is 19.7 Å². The van der Waals surface area contributed by atoms with Crippen LogP contribution in [-0.2, 0) is 0 Å². The molecule has 0 heterocycles. The van der Waals surface area contributed by atoms with Crippen LogP contribution in [0.5, 0.6) is 11.5 Å². The van der Waals surface area contributed by atoms with E-state index in [0.717, 1.165) is 31.0 Å². The average Bonchev–Trinajstić information content (AvgIpc) is 2.30. The summed E-state index contributed by atoms with van der Waals surface area (Å²) in [6.45, 7) is 8.85. The van der Waals surface area contributed by atoms with Crippen LogP contribution in [0.4, 0.5) is 0 Å². The van der Waals surface area contributed by atoms with Crippen molar-refractivity contribution in [3.63, 3.8) is 0 Å². The highest BCUT2D eigenvalue weighted by Crippen LogP contribution is 2.20. The minimum Gasteiger partial charge on any atom is -0.494 e. The molecule has 1 rings (SSSR count). The summed E-state index contributed by atoms with van der Waals surface area (Å²) >= 11 is 0. The molecule has 0 aliphatic heterocycles. The number of hydrogen-bond donors (Lipinski definition) is 1. The first-order chi connectivity index (χ1) is 8.26. The van der Waals surface area contributed by atoms with E-state index in [1.54, 1.807) is 0 Å². The van der Waals surface area contributed by atoms with Crippen LogP contribution in [0.25, 0.3) is 0 Å². The Kier molecular flexibility index (Phi) is 6.48. The summed E-state index contributed by atoms with van der Waals surface area (Å²) in [5.41, 5.74) is 0. The van der Waals surface area contributed by atoms with Crippen LogP contribution >= 0.6 is 0 Å². The second-order valence-corrected chi connectivity index (χ2v) is 3.98. The van der Waals surface area contributed by atoms with Gasteiger partial charge < -0.3 is 14.8 Å². The molecule has 1 N–H and O–H groups in total. The van der Waals surface area contributed by atoms with E-state index < -0.39 is 0 Å². The fourth-order valence-corrected chi connectivity index (χ4v) is 1.58. The first-order valence-electron chi connectivity index (χ1n) is 6.36. The van der Waals surface area contributed by atoms with Crippen molar-refractivity contribution in [1.82, 2.24) is 5.32 Å². The maximum Gasteiger partial charge on any atom is 0.123 e. The zero-order valence-corrected chi connectivity index (χ0v) is 11.0. The van der Waals surface area contributed by atoms with Crippen molar-refractivity contribution in [1.29, 1.82) is 0 Å². The molecule has 0 bridgehead atoms. The average molecular weight is 237 g/mol. The Hall–Kier alpha value is -1.22. The van der Waals surface area contributed by atoms with E-state index in [-0.39, 0.29) is 6.10 Å². The van der Waals surface area contributed by atoms with Crippen LogP contribution in [-0.4, -0.2) is 25.8 Å². The highest BCUT2D eigenvalue weighted by atomic mass is 16.5. The van der Waals surface area contributed by atoms with Crippen LogP contribution in [0.3, 0.4) is 0 Å². The third-order valence-corrected chi connectivity index (χ3v) is 2.43. The monoisotopic (exact) mass is 237 g/mol. The molecule has 1 aromatic carbocycles. The van der Waals surface area contributed by atoms with Crippen molar-refractivity contribution >= 4 is 0 Å². The highest BCUT2D eigenvalue weighted by molar-refractivity contribution is 5.33. The minimum absolute atomic E-state index is 0.214. The van der Waals surface area contributed by atoms with Crippen LogP contribution in [0.15, 0.2) is 24.3 Å². The molecule has 0 spiro atoms. The molecule has 1 atom stereocenters. The lowest BCUT2D eigenvalue weighted by molar-refractivity contribution is 0.209. The van der Waals surface area contributed by atoms with Gasteiger partial charge in [-0.25, -0.2) is 0 Å². The zero-order valence-electron chi connectivity index (χ0n) is 11.0. The van der Waals surface area contributed by atoms with Gasteiger partial charge in [0, 0.05) is 6.07 Å². The molecule has 0 aliphatic rings. The minimum atomic E-state index is 0.214. The smallest absolute Gasteiger partial charge is 0.123 e. The van der Waals surface area contributed by atoms with E-state index in [4.69, 9.17) is 9.47 Å². The van der Waals surface area contributed by atoms with E-state index in [1.165, 1.54) is 0 Å². The molecule has 1 aromatic rings. The van der Waals surface area contributed by atoms with Crippen molar-refractivity contribution in [3.8, 4) is 11.5 Å². The largest absolute Gasteiger partial charge is 0.494 e. The molecule has 17 heavy (non-hydrogen) atoms. The number of nitrogens with one attached hydrogen (secondary N) is 1. The summed E-state index contributed by atoms with van der Waals surface area (Å²) in [4.78, 5) is 0. The number of benzene rings is 1. The first kappa shape index (κ1) is 13.8. The second kappa shape index (κ2) is 7.96. The Bertz CT molecular complexity index is 315. The lowest BCUT2D eigenvalue weighted by Crippen LogP contribution is -2.21. The molecule has 3 heteroatoms. The summed E-state index contributed by atoms with van der Waals surface area (Å²) in [5.74, 6) is 1.74. The summed E-state index contributed by atoms with van der Waals surface area (Å²) in [5, 5.41) is 3.29. The lowest BCUT2D eigenvalue weighted by Gasteiger charge is -2.15. The summed E-state index contributed by atoms with van der Waals surface area (Å²) < 4.78 is 11.3. The standard InChI is InChI=1S/C14H23NO2/c1-4-15-10-9-12(3)17-14-8-6-7-13(11-14)16-5-2/h6-8,11-12,15H,4-5,9-10H2,1-3H3. The zero-order chi connectivity index (χ0) is 12.5. The molecule has 0 saturated carbocycles. The van der Waals surface area contributed by atoms with Crippen LogP contribution in [0, 0.1) is 0 Å². The third-order valence-electron chi connectivity index (χ3n) is 2.43. The van der Waals surface area contributed by atoms with Gasteiger partial charge >= 0.3 is 0 Å². The van der Waals surface area contributed by atoms with Crippen molar-refractivity contribution in [2.24, 2.45) is 0 Å². The van der Waals surface area contributed by atoms with Gasteiger partial charge in [-0.3, -0.25) is 0 Å². The molecule has 0 amide bonds. The highest BCUT2D eigenvalue weighted by Gasteiger charge is 2.04. The first-order valence-corrected chi connectivity index (χ1v) is 6.36. The van der Waals surface area contributed by atoms with E-state index >= 15 is 0 Å². The Balaban J connectivity index is 2.41. The van der Waals surface area contributed by atoms with Gasteiger partial charge in [0.2, 0.25) is 0 Å². The van der Waals surface area contributed by atoms with Crippen LogP contribution in [0.1, 0.15) is 27.2 Å². The third kappa shape index (κ3) is 5.59. The van der Waals surface area contributed by atoms with Gasteiger partial charge in [0.25, 0.3) is 0 Å². The van der Waals surface area contributed by atoms with Crippen LogP contribution in [0.2, 0.25) is 0 Å². The van der Waals surface area contributed by atoms with Crippen molar-refractivity contribution in [2.45, 2.75) is 33.3 Å². The molecule has 96 valence electrons. The van der Waals surface area contributed by atoms with Gasteiger partial charge in [-0.1, -0.05) is 13.0 Å². The molecular weight excluding hydrogens is 214 g/mol. The van der Waals surface area contributed by atoms with Crippen molar-refractivity contribution < 1.29 is 9.47 Å². The van der Waals surface area contributed by atoms with Crippen molar-refractivity contribution in [3.05, 3.63) is 24.3 Å². The lowest BCUT2D eigenvalue weighted by atomic mass is 10.2. The van der Waals surface area contributed by atoms with Gasteiger partial charge in [0.1, 0.15) is 11.5 Å². The Labute approximate surface area is 104 Å². The van der Waals surface area contributed by atoms with Crippen LogP contribution < -0.4 is 14.8 Å². The van der Waals surface area contributed by atoms with E-state index in [9.17, 15) is 0 Å². The predicted octanol–water partition coefficient (Wildman–Crippen LogP) is 2.85. The van der Waals surface area contributed by atoms with Gasteiger partial charge in [-0.15, -0.1) is 0 Å². The Morgan fingerprint density at radius 1 is 1.24 bits per heavy atom. The SMILES string of the molecule is CCNCCC(C)Oc1cccc(OCC)c1. The van der Waals surface area contributed by atoms with Gasteiger partial charge in [0.15, 0.2) is 0 Å². The molecule has 0 saturated heterocycles. The van der Waals surface area contributed by atoms with E-state index in [2.05, 4.69) is 19.2 Å². The number of ether oxygens (including phenoxy) is 2. The quantitative estimate of drug-likeness (QED) is 0.705. The second-order valence-electron chi connectivity index (χ2n) is 3.98. The molecular formula is C14H23NO2. The molecule has 0 radical (unpaired) electrons. The molecule has 0 aliphatic carbocycles. The fraction of sp³-hybridized carbons (Fsp3) is 0.571. The summed E-state index contributed by atoms with van der Waals surface area (Å²) in [6.07, 6.45) is 1.22. The molecule has 0 aromatic heterocycles. The molecule has 0 fully saturated rings. The molecule has 1 unspecified atom stereocenters. The Morgan fingerprint density at radius 3 is 2.71 bits per heavy atom.